The minimum absolute atomic E-state index is 0.333. The Bertz CT molecular complexity index is 1240. The van der Waals surface area contributed by atoms with Crippen molar-refractivity contribution in [2.75, 3.05) is 26.4 Å². The molecule has 23 heteroatoms. The van der Waals surface area contributed by atoms with Crippen LogP contribution in [0, 0.1) is 11.3 Å². The normalized spacial score (nSPS) is 44.7. The number of rotatable bonds is 16. The van der Waals surface area contributed by atoms with Gasteiger partial charge in [-0.05, 0) is 12.3 Å². The molecule has 20 unspecified atom stereocenters. The molecular weight excluding hydrogens is 760 g/mol. The zero-order chi connectivity index (χ0) is 41.6. The highest BCUT2D eigenvalue weighted by Crippen LogP contribution is 2.34. The lowest BCUT2D eigenvalue weighted by Crippen LogP contribution is -2.66. The molecule has 0 spiro atoms. The van der Waals surface area contributed by atoms with E-state index >= 15 is 0 Å². The van der Waals surface area contributed by atoms with E-state index in [1.54, 1.807) is 13.8 Å². The fraction of sp³-hybridized carbons (Fsp3) is 0.939. The number of carboxylic acid groups (broad SMARTS) is 1. The fourth-order valence-electron chi connectivity index (χ4n) is 6.79. The van der Waals surface area contributed by atoms with E-state index in [2.05, 4.69) is 5.32 Å². The Balaban J connectivity index is 1.44. The van der Waals surface area contributed by atoms with Crippen molar-refractivity contribution in [3.05, 3.63) is 0 Å². The Hall–Kier alpha value is -1.98. The van der Waals surface area contributed by atoms with Crippen LogP contribution >= 0.6 is 0 Å². The fourth-order valence-corrected chi connectivity index (χ4v) is 6.79. The Labute approximate surface area is 321 Å². The molecule has 4 rings (SSSR count). The second-order valence-electron chi connectivity index (χ2n) is 14.6. The maximum absolute atomic E-state index is 11.6. The second-order valence-corrected chi connectivity index (χ2v) is 14.6. The molecule has 56 heavy (non-hydrogen) atoms. The zero-order valence-corrected chi connectivity index (χ0v) is 31.1. The first kappa shape index (κ1) is 46.7. The summed E-state index contributed by atoms with van der Waals surface area (Å²) in [5, 5.41) is 137. The SMILES string of the molecule is CCCCCNC(=N)OCC1OC(OC2C(O)C(CO)OC(OCC3OC(C(C)C)C(O)C(OC4OC(C(=O)O)C(O)C(O)C4O)C3O)C2O)C(O)C(O)C1O. The van der Waals surface area contributed by atoms with E-state index in [1.807, 2.05) is 6.92 Å². The highest BCUT2D eigenvalue weighted by Gasteiger charge is 2.54. The Morgan fingerprint density at radius 3 is 1.80 bits per heavy atom. The molecular formula is C33H58N2O21. The maximum Gasteiger partial charge on any atom is 0.335 e. The van der Waals surface area contributed by atoms with Gasteiger partial charge in [0, 0.05) is 6.54 Å². The highest BCUT2D eigenvalue weighted by molar-refractivity contribution is 5.73. The van der Waals surface area contributed by atoms with Crippen LogP contribution in [0.25, 0.3) is 0 Å². The van der Waals surface area contributed by atoms with Gasteiger partial charge in [0.2, 0.25) is 0 Å². The van der Waals surface area contributed by atoms with Gasteiger partial charge < -0.3 is 104 Å². The van der Waals surface area contributed by atoms with Crippen LogP contribution in [0.4, 0.5) is 0 Å². The number of ether oxygens (including phenoxy) is 8. The average Bonchev–Trinajstić information content (AvgIpc) is 3.16. The van der Waals surface area contributed by atoms with Crippen LogP contribution < -0.4 is 5.32 Å². The van der Waals surface area contributed by atoms with Crippen molar-refractivity contribution in [3.8, 4) is 0 Å². The minimum Gasteiger partial charge on any atom is -0.479 e. The topological polar surface area (TPSA) is 370 Å². The van der Waals surface area contributed by atoms with Crippen LogP contribution in [0.3, 0.4) is 0 Å². The smallest absolute Gasteiger partial charge is 0.335 e. The lowest BCUT2D eigenvalue weighted by molar-refractivity contribution is -0.365. The van der Waals surface area contributed by atoms with Crippen LogP contribution in [-0.4, -0.2) is 222 Å². The molecule has 326 valence electrons. The second kappa shape index (κ2) is 20.8. The summed E-state index contributed by atoms with van der Waals surface area (Å²) < 4.78 is 44.6. The van der Waals surface area contributed by atoms with Gasteiger partial charge in [0.25, 0.3) is 6.02 Å². The molecule has 4 fully saturated rings. The molecule has 0 aromatic heterocycles. The molecule has 0 radical (unpaired) electrons. The Kier molecular flexibility index (Phi) is 17.4. The molecule has 4 heterocycles. The molecule has 4 aliphatic rings. The van der Waals surface area contributed by atoms with Crippen molar-refractivity contribution < 1.29 is 104 Å². The van der Waals surface area contributed by atoms with Crippen LogP contribution in [0.1, 0.15) is 40.0 Å². The summed E-state index contributed by atoms with van der Waals surface area (Å²) in [4.78, 5) is 11.6. The van der Waals surface area contributed by atoms with Gasteiger partial charge in [0.1, 0.15) is 98.2 Å². The number of hydrogen-bond acceptors (Lipinski definition) is 21. The summed E-state index contributed by atoms with van der Waals surface area (Å²) in [6.45, 7) is 3.83. The van der Waals surface area contributed by atoms with Crippen molar-refractivity contribution in [3.63, 3.8) is 0 Å². The molecule has 0 aromatic rings. The zero-order valence-electron chi connectivity index (χ0n) is 31.1. The number of aliphatic hydroxyl groups is 11. The quantitative estimate of drug-likeness (QED) is 0.0391. The number of unbranched alkanes of at least 4 members (excludes halogenated alkanes) is 2. The third kappa shape index (κ3) is 10.8. The summed E-state index contributed by atoms with van der Waals surface area (Å²) in [5.41, 5.74) is 0. The van der Waals surface area contributed by atoms with E-state index < -0.39 is 154 Å². The Morgan fingerprint density at radius 1 is 0.661 bits per heavy atom. The first-order valence-electron chi connectivity index (χ1n) is 18.6. The van der Waals surface area contributed by atoms with E-state index in [0.29, 0.717) is 6.54 Å². The summed E-state index contributed by atoms with van der Waals surface area (Å²) in [6.07, 6.45) is -32.4. The predicted octanol–water partition coefficient (Wildman–Crippen LogP) is -6.21. The van der Waals surface area contributed by atoms with Gasteiger partial charge >= 0.3 is 5.97 Å². The van der Waals surface area contributed by atoms with E-state index in [4.69, 9.17) is 43.3 Å². The number of carboxylic acids is 1. The van der Waals surface area contributed by atoms with Gasteiger partial charge in [-0.3, -0.25) is 5.41 Å². The lowest BCUT2D eigenvalue weighted by atomic mass is 9.89. The standard InChI is InChI=1S/C33H58N2O21/c1-4-5-6-7-35-33(34)50-10-13-15(37)18(40)21(43)31(53-13)55-27-16(38)12(8-36)52-30(24(27)46)49-9-14-17(39)26(23(45)25(51-14)11(2)3)54-32-22(44)19(41)20(42)28(56-32)29(47)48/h11-28,30-32,36-46H,4-10H2,1-3H3,(H2,34,35)(H,47,48). The number of amidine groups is 1. The molecule has 20 atom stereocenters. The monoisotopic (exact) mass is 818 g/mol. The van der Waals surface area contributed by atoms with Crippen LogP contribution in [0.2, 0.25) is 0 Å². The largest absolute Gasteiger partial charge is 0.479 e. The highest BCUT2D eigenvalue weighted by atomic mass is 16.7. The van der Waals surface area contributed by atoms with Crippen LogP contribution in [0.5, 0.6) is 0 Å². The van der Waals surface area contributed by atoms with Gasteiger partial charge in [0.05, 0.1) is 19.3 Å². The van der Waals surface area contributed by atoms with Crippen molar-refractivity contribution in [1.29, 1.82) is 5.41 Å². The van der Waals surface area contributed by atoms with E-state index in [9.17, 15) is 66.1 Å². The van der Waals surface area contributed by atoms with Crippen molar-refractivity contribution in [2.24, 2.45) is 5.92 Å². The van der Waals surface area contributed by atoms with Gasteiger partial charge in [-0.15, -0.1) is 0 Å². The summed E-state index contributed by atoms with van der Waals surface area (Å²) in [7, 11) is 0. The minimum atomic E-state index is -2.04. The molecule has 0 bridgehead atoms. The van der Waals surface area contributed by atoms with Crippen molar-refractivity contribution >= 4 is 12.0 Å². The van der Waals surface area contributed by atoms with E-state index in [-0.39, 0.29) is 6.02 Å². The molecule has 4 saturated heterocycles. The van der Waals surface area contributed by atoms with Crippen molar-refractivity contribution in [1.82, 2.24) is 5.32 Å². The van der Waals surface area contributed by atoms with Gasteiger partial charge in [-0.1, -0.05) is 33.6 Å². The van der Waals surface area contributed by atoms with E-state index in [1.165, 1.54) is 0 Å². The van der Waals surface area contributed by atoms with Gasteiger partial charge in [-0.2, -0.15) is 0 Å². The van der Waals surface area contributed by atoms with Crippen LogP contribution in [0.15, 0.2) is 0 Å². The number of aliphatic hydroxyl groups excluding tert-OH is 11. The third-order valence-corrected chi connectivity index (χ3v) is 10.1. The van der Waals surface area contributed by atoms with Crippen molar-refractivity contribution in [2.45, 2.75) is 163 Å². The number of nitrogens with one attached hydrogen (secondary N) is 2. The molecule has 4 aliphatic heterocycles. The lowest BCUT2D eigenvalue weighted by Gasteiger charge is -2.48. The van der Waals surface area contributed by atoms with Gasteiger partial charge in [0.15, 0.2) is 25.0 Å². The van der Waals surface area contributed by atoms with Crippen LogP contribution in [-0.2, 0) is 42.7 Å². The first-order valence-corrected chi connectivity index (χ1v) is 18.6. The summed E-state index contributed by atoms with van der Waals surface area (Å²) >= 11 is 0. The molecule has 23 nitrogen and oxygen atoms in total. The van der Waals surface area contributed by atoms with E-state index in [0.717, 1.165) is 19.3 Å². The number of hydrogen-bond donors (Lipinski definition) is 14. The summed E-state index contributed by atoms with van der Waals surface area (Å²) in [6, 6.07) is -0.333. The Morgan fingerprint density at radius 2 is 1.21 bits per heavy atom. The maximum atomic E-state index is 11.6. The number of aliphatic carboxylic acids is 1. The molecule has 0 aromatic carbocycles. The molecule has 0 amide bonds. The predicted molar refractivity (Wildman–Crippen MR) is 181 cm³/mol. The molecule has 14 N–H and O–H groups in total. The summed E-state index contributed by atoms with van der Waals surface area (Å²) in [5.74, 6) is -2.14. The molecule has 0 saturated carbocycles. The average molecular weight is 819 g/mol. The third-order valence-electron chi connectivity index (χ3n) is 10.1. The first-order chi connectivity index (χ1) is 26.4. The number of carbonyl (C=O) groups is 1. The molecule has 0 aliphatic carbocycles. The van der Waals surface area contributed by atoms with Gasteiger partial charge in [-0.25, -0.2) is 4.79 Å².